The second kappa shape index (κ2) is 8.52. The van der Waals surface area contributed by atoms with Crippen LogP contribution in [0.4, 0.5) is 5.82 Å². The first kappa shape index (κ1) is 20.7. The third-order valence-corrected chi connectivity index (χ3v) is 6.09. The number of nitrogens with two attached hydrogens (primary N) is 2. The summed E-state index contributed by atoms with van der Waals surface area (Å²) in [6.07, 6.45) is 5.05. The number of hydrogen-bond donors (Lipinski definition) is 3. The standard InChI is InChI=1S/C16H25N6O5P/c1-10(7-22-9-21-13-14(17)19-8-20-15(13)22)26-6-5-12(28(18,24)25)16(23)27-11-3-2-4-11/h8-12H,2-7H2,1H3,(H2,17,19,20)(H3,18,24,25)/t10-,12+/m1/s1. The topological polar surface area (TPSA) is 168 Å². The minimum atomic E-state index is -4.13. The summed E-state index contributed by atoms with van der Waals surface area (Å²) in [6, 6.07) is 0. The van der Waals surface area contributed by atoms with Crippen molar-refractivity contribution >= 4 is 30.5 Å². The molecule has 1 fully saturated rings. The Kier molecular flexibility index (Phi) is 6.29. The van der Waals surface area contributed by atoms with Gasteiger partial charge < -0.3 is 24.7 Å². The number of carbonyl (C=O) groups excluding carboxylic acids is 1. The Morgan fingerprint density at radius 1 is 1.43 bits per heavy atom. The number of esters is 1. The lowest BCUT2D eigenvalue weighted by Gasteiger charge is -2.28. The van der Waals surface area contributed by atoms with Crippen molar-refractivity contribution in [2.45, 2.75) is 57.0 Å². The highest BCUT2D eigenvalue weighted by atomic mass is 31.2. The van der Waals surface area contributed by atoms with Crippen LogP contribution < -0.4 is 11.2 Å². The fourth-order valence-electron chi connectivity index (χ4n) is 2.93. The quantitative estimate of drug-likeness (QED) is 0.396. The molecule has 3 rings (SSSR count). The van der Waals surface area contributed by atoms with Gasteiger partial charge in [-0.15, -0.1) is 0 Å². The van der Waals surface area contributed by atoms with Gasteiger partial charge in [0.05, 0.1) is 19.0 Å². The van der Waals surface area contributed by atoms with Crippen molar-refractivity contribution in [1.29, 1.82) is 0 Å². The van der Waals surface area contributed by atoms with E-state index in [-0.39, 0.29) is 25.2 Å². The summed E-state index contributed by atoms with van der Waals surface area (Å²) in [4.78, 5) is 34.1. The zero-order valence-electron chi connectivity index (χ0n) is 15.6. The first-order valence-corrected chi connectivity index (χ1v) is 10.9. The average molecular weight is 412 g/mol. The first-order valence-electron chi connectivity index (χ1n) is 9.10. The Labute approximate surface area is 161 Å². The third-order valence-electron chi connectivity index (χ3n) is 4.73. The molecule has 0 saturated heterocycles. The molecule has 154 valence electrons. The number of nitrogen functional groups attached to an aromatic ring is 1. The highest BCUT2D eigenvalue weighted by molar-refractivity contribution is 7.57. The van der Waals surface area contributed by atoms with Crippen LogP contribution in [0, 0.1) is 0 Å². The van der Waals surface area contributed by atoms with Gasteiger partial charge in [0.1, 0.15) is 23.6 Å². The minimum absolute atomic E-state index is 0.0000342. The molecule has 5 N–H and O–H groups in total. The van der Waals surface area contributed by atoms with Crippen LogP contribution in [-0.2, 0) is 25.4 Å². The molecule has 2 aromatic rings. The summed E-state index contributed by atoms with van der Waals surface area (Å²) in [5, 5.41) is 0. The van der Waals surface area contributed by atoms with Gasteiger partial charge in [0.15, 0.2) is 11.5 Å². The van der Waals surface area contributed by atoms with Crippen LogP contribution in [0.25, 0.3) is 11.2 Å². The van der Waals surface area contributed by atoms with Crippen LogP contribution >= 0.6 is 7.52 Å². The number of nitrogens with zero attached hydrogens (tertiary/aromatic N) is 4. The third kappa shape index (κ3) is 4.85. The van der Waals surface area contributed by atoms with Gasteiger partial charge in [-0.3, -0.25) is 14.9 Å². The van der Waals surface area contributed by atoms with Crippen molar-refractivity contribution in [2.24, 2.45) is 5.50 Å². The Bertz CT molecular complexity index is 880. The maximum atomic E-state index is 12.2. The van der Waals surface area contributed by atoms with Crippen molar-refractivity contribution in [3.8, 4) is 0 Å². The second-order valence-electron chi connectivity index (χ2n) is 6.98. The summed E-state index contributed by atoms with van der Waals surface area (Å²) in [5.41, 5.74) is 10.9. The number of rotatable bonds is 9. The molecule has 3 atom stereocenters. The average Bonchev–Trinajstić information content (AvgIpc) is 2.98. The van der Waals surface area contributed by atoms with Gasteiger partial charge in [0, 0.05) is 6.61 Å². The monoisotopic (exact) mass is 412 g/mol. The summed E-state index contributed by atoms with van der Waals surface area (Å²) < 4.78 is 24.6. The molecule has 12 heteroatoms. The van der Waals surface area contributed by atoms with Crippen LogP contribution in [0.5, 0.6) is 0 Å². The summed E-state index contributed by atoms with van der Waals surface area (Å²) in [7, 11) is -4.13. The van der Waals surface area contributed by atoms with Crippen molar-refractivity contribution in [1.82, 2.24) is 19.5 Å². The predicted octanol–water partition coefficient (Wildman–Crippen LogP) is 0.812. The molecule has 11 nitrogen and oxygen atoms in total. The lowest BCUT2D eigenvalue weighted by molar-refractivity contribution is -0.153. The predicted molar refractivity (Wildman–Crippen MR) is 101 cm³/mol. The van der Waals surface area contributed by atoms with Gasteiger partial charge in [0.2, 0.25) is 0 Å². The van der Waals surface area contributed by atoms with Gasteiger partial charge >= 0.3 is 5.97 Å². The number of hydrogen-bond acceptors (Lipinski definition) is 8. The molecule has 2 heterocycles. The number of fused-ring (bicyclic) bond motifs is 1. The van der Waals surface area contributed by atoms with E-state index in [1.807, 2.05) is 6.92 Å². The van der Waals surface area contributed by atoms with E-state index < -0.39 is 19.1 Å². The van der Waals surface area contributed by atoms with Crippen molar-refractivity contribution < 1.29 is 23.7 Å². The Morgan fingerprint density at radius 3 is 2.82 bits per heavy atom. The number of imidazole rings is 1. The van der Waals surface area contributed by atoms with Crippen LogP contribution in [0.1, 0.15) is 32.6 Å². The lowest BCUT2D eigenvalue weighted by Crippen LogP contribution is -2.34. The highest BCUT2D eigenvalue weighted by Gasteiger charge is 2.37. The molecule has 1 saturated carbocycles. The number of aromatic nitrogens is 4. The zero-order chi connectivity index (χ0) is 20.3. The number of carbonyl (C=O) groups is 1. The molecule has 0 spiro atoms. The van der Waals surface area contributed by atoms with E-state index in [1.165, 1.54) is 6.33 Å². The van der Waals surface area contributed by atoms with E-state index in [0.29, 0.717) is 23.5 Å². The molecule has 2 aromatic heterocycles. The smallest absolute Gasteiger partial charge is 0.320 e. The Balaban J connectivity index is 1.53. The van der Waals surface area contributed by atoms with Crippen molar-refractivity contribution in [3.63, 3.8) is 0 Å². The highest BCUT2D eigenvalue weighted by Crippen LogP contribution is 2.40. The number of anilines is 1. The van der Waals surface area contributed by atoms with Gasteiger partial charge in [-0.05, 0) is 32.6 Å². The SMILES string of the molecule is C[C@H](Cn1cnc2c(N)ncnc21)OCC[C@@H](C(=O)OC1CCC1)P(N)(=O)O. The number of ether oxygens (including phenoxy) is 2. The Morgan fingerprint density at radius 2 is 2.18 bits per heavy atom. The molecule has 0 amide bonds. The van der Waals surface area contributed by atoms with Crippen molar-refractivity contribution in [2.75, 3.05) is 12.3 Å². The molecular formula is C16H25N6O5P. The molecule has 1 aliphatic rings. The van der Waals surface area contributed by atoms with Gasteiger partial charge in [-0.1, -0.05) is 0 Å². The van der Waals surface area contributed by atoms with Gasteiger partial charge in [0.25, 0.3) is 7.52 Å². The van der Waals surface area contributed by atoms with Crippen LogP contribution in [0.15, 0.2) is 12.7 Å². The molecule has 0 radical (unpaired) electrons. The van der Waals surface area contributed by atoms with E-state index in [2.05, 4.69) is 15.0 Å². The molecular weight excluding hydrogens is 387 g/mol. The van der Waals surface area contributed by atoms with E-state index in [0.717, 1.165) is 19.3 Å². The van der Waals surface area contributed by atoms with Crippen molar-refractivity contribution in [3.05, 3.63) is 12.7 Å². The molecule has 28 heavy (non-hydrogen) atoms. The largest absolute Gasteiger partial charge is 0.462 e. The molecule has 0 aromatic carbocycles. The lowest BCUT2D eigenvalue weighted by atomic mass is 9.96. The summed E-state index contributed by atoms with van der Waals surface area (Å²) >= 11 is 0. The van der Waals surface area contributed by atoms with E-state index in [9.17, 15) is 14.3 Å². The maximum absolute atomic E-state index is 12.2. The second-order valence-corrected chi connectivity index (χ2v) is 8.94. The van der Waals surface area contributed by atoms with Crippen LogP contribution in [0.2, 0.25) is 0 Å². The van der Waals surface area contributed by atoms with Crippen LogP contribution in [-0.4, -0.2) is 54.9 Å². The fourth-order valence-corrected chi connectivity index (χ4v) is 3.77. The summed E-state index contributed by atoms with van der Waals surface area (Å²) in [6.45, 7) is 2.35. The normalized spacial score (nSPS) is 19.0. The molecule has 1 unspecified atom stereocenters. The molecule has 1 aliphatic carbocycles. The maximum Gasteiger partial charge on any atom is 0.320 e. The fraction of sp³-hybridized carbons (Fsp3) is 0.625. The van der Waals surface area contributed by atoms with Gasteiger partial charge in [-0.2, -0.15) is 0 Å². The molecule has 0 aliphatic heterocycles. The minimum Gasteiger partial charge on any atom is -0.462 e. The summed E-state index contributed by atoms with van der Waals surface area (Å²) in [5.74, 6) is -0.436. The van der Waals surface area contributed by atoms with Crippen LogP contribution in [0.3, 0.4) is 0 Å². The molecule has 0 bridgehead atoms. The van der Waals surface area contributed by atoms with E-state index in [4.69, 9.17) is 20.7 Å². The Hall–Kier alpha value is -2.07. The van der Waals surface area contributed by atoms with E-state index in [1.54, 1.807) is 10.9 Å². The van der Waals surface area contributed by atoms with E-state index >= 15 is 0 Å². The van der Waals surface area contributed by atoms with Gasteiger partial charge in [-0.25, -0.2) is 15.0 Å². The first-order chi connectivity index (χ1) is 13.3. The zero-order valence-corrected chi connectivity index (χ0v) is 16.5.